The van der Waals surface area contributed by atoms with Crippen molar-refractivity contribution in [3.8, 4) is 5.75 Å². The summed E-state index contributed by atoms with van der Waals surface area (Å²) in [7, 11) is 0. The smallest absolute Gasteiger partial charge is 0.224 e. The van der Waals surface area contributed by atoms with Crippen molar-refractivity contribution in [1.82, 2.24) is 5.32 Å². The molecule has 4 nitrogen and oxygen atoms in total. The molecule has 5 heteroatoms. The number of amides is 1. The van der Waals surface area contributed by atoms with Gasteiger partial charge in [0.1, 0.15) is 5.75 Å². The molecule has 0 aliphatic rings. The molecule has 1 aromatic carbocycles. The van der Waals surface area contributed by atoms with Crippen molar-refractivity contribution in [3.63, 3.8) is 0 Å². The largest absolute Gasteiger partial charge is 0.508 e. The Morgan fingerprint density at radius 3 is 2.89 bits per heavy atom. The zero-order valence-corrected chi connectivity index (χ0v) is 11.1. The number of phenols is 1. The summed E-state index contributed by atoms with van der Waals surface area (Å²) in [5.74, 6) is 1.91. The maximum absolute atomic E-state index is 11.6. The van der Waals surface area contributed by atoms with Crippen LogP contribution >= 0.6 is 11.8 Å². The van der Waals surface area contributed by atoms with Gasteiger partial charge in [0.25, 0.3) is 0 Å². The van der Waals surface area contributed by atoms with Gasteiger partial charge in [-0.05, 0) is 29.9 Å². The first-order valence-electron chi connectivity index (χ1n) is 5.95. The Balaban J connectivity index is 2.14. The number of phenolic OH excluding ortho intramolecular Hbond substituents is 1. The summed E-state index contributed by atoms with van der Waals surface area (Å²) in [6.07, 6.45) is 1.08. The molecule has 1 rings (SSSR count). The van der Waals surface area contributed by atoms with Gasteiger partial charge in [-0.3, -0.25) is 4.79 Å². The highest BCUT2D eigenvalue weighted by atomic mass is 32.2. The molecular formula is C13H19NO3S. The van der Waals surface area contributed by atoms with Crippen LogP contribution in [-0.4, -0.2) is 40.8 Å². The zero-order valence-electron chi connectivity index (χ0n) is 10.3. The molecule has 0 saturated heterocycles. The van der Waals surface area contributed by atoms with Crippen molar-refractivity contribution < 1.29 is 15.0 Å². The monoisotopic (exact) mass is 269 g/mol. The lowest BCUT2D eigenvalue weighted by Crippen LogP contribution is -2.27. The lowest BCUT2D eigenvalue weighted by Gasteiger charge is -2.05. The maximum Gasteiger partial charge on any atom is 0.224 e. The van der Waals surface area contributed by atoms with Gasteiger partial charge in [-0.25, -0.2) is 0 Å². The second kappa shape index (κ2) is 8.83. The summed E-state index contributed by atoms with van der Waals surface area (Å²) < 4.78 is 0. The van der Waals surface area contributed by atoms with E-state index >= 15 is 0 Å². The Morgan fingerprint density at radius 2 is 2.17 bits per heavy atom. The molecule has 1 amide bonds. The molecular weight excluding hydrogens is 250 g/mol. The predicted molar refractivity (Wildman–Crippen MR) is 73.8 cm³/mol. The number of rotatable bonds is 8. The Kier molecular flexibility index (Phi) is 7.29. The van der Waals surface area contributed by atoms with Crippen molar-refractivity contribution >= 4 is 17.7 Å². The minimum Gasteiger partial charge on any atom is -0.508 e. The van der Waals surface area contributed by atoms with Gasteiger partial charge in [0, 0.05) is 18.9 Å². The molecule has 0 bridgehead atoms. The fraction of sp³-hybridized carbons (Fsp3) is 0.462. The van der Waals surface area contributed by atoms with E-state index in [1.165, 1.54) is 0 Å². The fourth-order valence-electron chi connectivity index (χ4n) is 1.45. The highest BCUT2D eigenvalue weighted by Gasteiger charge is 2.03. The summed E-state index contributed by atoms with van der Waals surface area (Å²) in [4.78, 5) is 11.6. The summed E-state index contributed by atoms with van der Waals surface area (Å²) in [5.41, 5.74) is 0.806. The Labute approximate surface area is 111 Å². The second-order valence-corrected chi connectivity index (χ2v) is 5.11. The van der Waals surface area contributed by atoms with Crippen molar-refractivity contribution in [2.75, 3.05) is 24.7 Å². The Bertz CT molecular complexity index is 371. The molecule has 0 atom stereocenters. The van der Waals surface area contributed by atoms with Crippen molar-refractivity contribution in [3.05, 3.63) is 29.8 Å². The van der Waals surface area contributed by atoms with Crippen molar-refractivity contribution in [2.45, 2.75) is 12.8 Å². The van der Waals surface area contributed by atoms with Crippen LogP contribution in [0, 0.1) is 0 Å². The van der Waals surface area contributed by atoms with E-state index in [0.29, 0.717) is 6.54 Å². The molecule has 18 heavy (non-hydrogen) atoms. The van der Waals surface area contributed by atoms with Gasteiger partial charge < -0.3 is 15.5 Å². The van der Waals surface area contributed by atoms with Gasteiger partial charge in [-0.15, -0.1) is 0 Å². The minimum absolute atomic E-state index is 0.0386. The quantitative estimate of drug-likeness (QED) is 0.620. The number of aliphatic hydroxyl groups is 1. The third-order valence-corrected chi connectivity index (χ3v) is 3.36. The number of aromatic hydroxyl groups is 1. The summed E-state index contributed by atoms with van der Waals surface area (Å²) in [6, 6.07) is 6.72. The summed E-state index contributed by atoms with van der Waals surface area (Å²) in [6.45, 7) is 0.852. The second-order valence-electron chi connectivity index (χ2n) is 3.89. The first kappa shape index (κ1) is 14.9. The average Bonchev–Trinajstić information content (AvgIpc) is 2.33. The zero-order chi connectivity index (χ0) is 13.2. The lowest BCUT2D eigenvalue weighted by molar-refractivity contribution is -0.120. The minimum atomic E-state index is -0.0386. The molecule has 0 fully saturated rings. The van der Waals surface area contributed by atoms with E-state index < -0.39 is 0 Å². The summed E-state index contributed by atoms with van der Waals surface area (Å²) >= 11 is 1.71. The Hall–Kier alpha value is -1.20. The highest BCUT2D eigenvalue weighted by molar-refractivity contribution is 7.99. The van der Waals surface area contributed by atoms with Crippen LogP contribution in [0.5, 0.6) is 5.75 Å². The van der Waals surface area contributed by atoms with Crippen LogP contribution in [0.4, 0.5) is 0 Å². The van der Waals surface area contributed by atoms with E-state index in [4.69, 9.17) is 5.11 Å². The van der Waals surface area contributed by atoms with E-state index in [2.05, 4.69) is 5.32 Å². The molecule has 3 N–H and O–H groups in total. The molecule has 100 valence electrons. The fourth-order valence-corrected chi connectivity index (χ4v) is 2.23. The van der Waals surface area contributed by atoms with E-state index in [9.17, 15) is 9.90 Å². The van der Waals surface area contributed by atoms with Crippen molar-refractivity contribution in [1.29, 1.82) is 0 Å². The third kappa shape index (κ3) is 6.51. The lowest BCUT2D eigenvalue weighted by atomic mass is 10.1. The number of hydrogen-bond acceptors (Lipinski definition) is 4. The molecule has 0 aliphatic heterocycles. The van der Waals surface area contributed by atoms with Gasteiger partial charge in [0.2, 0.25) is 5.91 Å². The average molecular weight is 269 g/mol. The predicted octanol–water partition coefficient (Wildman–Crippen LogP) is 1.17. The number of hydrogen-bond donors (Lipinski definition) is 3. The number of aliphatic hydroxyl groups excluding tert-OH is 1. The molecule has 0 heterocycles. The SMILES string of the molecule is O=C(Cc1cccc(O)c1)NCCSCCCO. The number of thioether (sulfide) groups is 1. The maximum atomic E-state index is 11.6. The van der Waals surface area contributed by atoms with Crippen LogP contribution in [0.25, 0.3) is 0 Å². The van der Waals surface area contributed by atoms with Crippen LogP contribution in [0.2, 0.25) is 0 Å². The van der Waals surface area contributed by atoms with E-state index in [1.807, 2.05) is 6.07 Å². The van der Waals surface area contributed by atoms with Crippen LogP contribution in [0.15, 0.2) is 24.3 Å². The topological polar surface area (TPSA) is 69.6 Å². The molecule has 0 saturated carbocycles. The number of benzene rings is 1. The van der Waals surface area contributed by atoms with Gasteiger partial charge >= 0.3 is 0 Å². The molecule has 1 aromatic rings. The Morgan fingerprint density at radius 1 is 1.33 bits per heavy atom. The number of carbonyl (C=O) groups is 1. The molecule has 0 spiro atoms. The van der Waals surface area contributed by atoms with E-state index in [0.717, 1.165) is 23.5 Å². The van der Waals surface area contributed by atoms with Gasteiger partial charge in [-0.1, -0.05) is 12.1 Å². The third-order valence-electron chi connectivity index (χ3n) is 2.29. The van der Waals surface area contributed by atoms with Gasteiger partial charge in [0.05, 0.1) is 6.42 Å². The van der Waals surface area contributed by atoms with E-state index in [1.54, 1.807) is 30.0 Å². The number of nitrogens with one attached hydrogen (secondary N) is 1. The van der Waals surface area contributed by atoms with Crippen LogP contribution in [0.1, 0.15) is 12.0 Å². The molecule has 0 unspecified atom stereocenters. The van der Waals surface area contributed by atoms with Crippen LogP contribution in [-0.2, 0) is 11.2 Å². The molecule has 0 aliphatic carbocycles. The summed E-state index contributed by atoms with van der Waals surface area (Å²) in [5, 5.41) is 20.7. The van der Waals surface area contributed by atoms with E-state index in [-0.39, 0.29) is 24.7 Å². The van der Waals surface area contributed by atoms with Gasteiger partial charge in [0.15, 0.2) is 0 Å². The van der Waals surface area contributed by atoms with Crippen LogP contribution in [0.3, 0.4) is 0 Å². The normalized spacial score (nSPS) is 10.3. The molecule has 0 radical (unpaired) electrons. The van der Waals surface area contributed by atoms with Crippen LogP contribution < -0.4 is 5.32 Å². The molecule has 0 aromatic heterocycles. The first-order valence-corrected chi connectivity index (χ1v) is 7.11. The highest BCUT2D eigenvalue weighted by Crippen LogP contribution is 2.11. The first-order chi connectivity index (χ1) is 8.72. The van der Waals surface area contributed by atoms with Crippen molar-refractivity contribution in [2.24, 2.45) is 0 Å². The number of carbonyl (C=O) groups excluding carboxylic acids is 1. The van der Waals surface area contributed by atoms with Gasteiger partial charge in [-0.2, -0.15) is 11.8 Å². The standard InChI is InChI=1S/C13H19NO3S/c15-6-2-7-18-8-5-14-13(17)10-11-3-1-4-12(16)9-11/h1,3-4,9,15-16H,2,5-8,10H2,(H,14,17).